The van der Waals surface area contributed by atoms with Gasteiger partial charge in [-0.05, 0) is 42.5 Å². The fourth-order valence-electron chi connectivity index (χ4n) is 3.24. The van der Waals surface area contributed by atoms with E-state index in [0.29, 0.717) is 10.8 Å². The first-order chi connectivity index (χ1) is 19.7. The number of nitrogens with one attached hydrogen (secondary N) is 2. The van der Waals surface area contributed by atoms with Crippen LogP contribution in [0.1, 0.15) is 18.2 Å². The molecule has 228 valence electrons. The van der Waals surface area contributed by atoms with Gasteiger partial charge in [-0.15, -0.1) is 0 Å². The topological polar surface area (TPSA) is 165 Å². The van der Waals surface area contributed by atoms with Crippen molar-refractivity contribution in [2.24, 2.45) is 0 Å². The van der Waals surface area contributed by atoms with Gasteiger partial charge in [0.05, 0.1) is 22.8 Å². The molecule has 0 saturated heterocycles. The number of hydrogen-bond acceptors (Lipinski definition) is 12. The summed E-state index contributed by atoms with van der Waals surface area (Å²) in [6.45, 7) is 1.99. The normalized spacial score (nSPS) is 12.0. The maximum Gasteiger partial charge on any atom is 0.435 e. The van der Waals surface area contributed by atoms with Gasteiger partial charge in [0.15, 0.2) is 5.69 Å². The highest BCUT2D eigenvalue weighted by atomic mass is 32.2. The van der Waals surface area contributed by atoms with Crippen molar-refractivity contribution >= 4 is 22.1 Å². The van der Waals surface area contributed by atoms with Gasteiger partial charge in [0.2, 0.25) is 6.79 Å². The fraction of sp³-hybridized carbons (Fsp3) is 0.292. The molecule has 0 fully saturated rings. The fourth-order valence-corrected chi connectivity index (χ4v) is 4.13. The van der Waals surface area contributed by atoms with Crippen LogP contribution < -0.4 is 10.3 Å². The first kappa shape index (κ1) is 32.4. The van der Waals surface area contributed by atoms with Crippen LogP contribution in [0.15, 0.2) is 59.5 Å². The second kappa shape index (κ2) is 13.7. The van der Waals surface area contributed by atoms with Crippen LogP contribution >= 0.6 is 0 Å². The molecule has 0 bridgehead atoms. The minimum atomic E-state index is -4.71. The number of hydrazine groups is 2. The third-order valence-electron chi connectivity index (χ3n) is 5.40. The number of ether oxygens (including phenoxy) is 2. The van der Waals surface area contributed by atoms with Gasteiger partial charge in [-0.3, -0.25) is 10.0 Å². The van der Waals surface area contributed by atoms with E-state index in [1.807, 2.05) is 12.5 Å². The van der Waals surface area contributed by atoms with Crippen LogP contribution in [0, 0.1) is 6.92 Å². The summed E-state index contributed by atoms with van der Waals surface area (Å²) in [4.78, 5) is 27.0. The molecular weight excluding hydrogens is 589 g/mol. The number of halogens is 3. The number of alkyl halides is 3. The molecule has 0 aliphatic rings. The quantitative estimate of drug-likeness (QED) is 0.118. The number of aromatic nitrogens is 2. The molecule has 0 unspecified atom stereocenters. The van der Waals surface area contributed by atoms with E-state index in [2.05, 4.69) is 14.7 Å². The SMILES string of the molecule is CC(=O)OCONN(O)N(C)CCOC(=O)NS(=O)(=O)c1ccc(-n2nc(C(F)(F)F)cc2-c2ccc(C)cc2)cc1. The Balaban J connectivity index is 1.63. The zero-order valence-corrected chi connectivity index (χ0v) is 23.3. The molecule has 42 heavy (non-hydrogen) atoms. The molecular formula is C24H27F3N6O8S. The van der Waals surface area contributed by atoms with Crippen molar-refractivity contribution in [3.8, 4) is 16.9 Å². The van der Waals surface area contributed by atoms with Crippen LogP contribution in [0.2, 0.25) is 0 Å². The van der Waals surface area contributed by atoms with Crippen molar-refractivity contribution in [2.45, 2.75) is 24.9 Å². The second-order valence-electron chi connectivity index (χ2n) is 8.59. The molecule has 1 heterocycles. The average molecular weight is 617 g/mol. The molecule has 3 N–H and O–H groups in total. The number of carbonyl (C=O) groups excluding carboxylic acids is 2. The zero-order valence-electron chi connectivity index (χ0n) is 22.5. The van der Waals surface area contributed by atoms with Crippen LogP contribution in [0.25, 0.3) is 16.9 Å². The van der Waals surface area contributed by atoms with Gasteiger partial charge in [-0.2, -0.15) is 18.3 Å². The summed E-state index contributed by atoms with van der Waals surface area (Å²) in [7, 11) is -3.06. The van der Waals surface area contributed by atoms with E-state index in [0.717, 1.165) is 40.4 Å². The van der Waals surface area contributed by atoms with E-state index >= 15 is 0 Å². The molecule has 14 nitrogen and oxygen atoms in total. The van der Waals surface area contributed by atoms with Crippen molar-refractivity contribution < 1.29 is 50.7 Å². The monoisotopic (exact) mass is 616 g/mol. The summed E-state index contributed by atoms with van der Waals surface area (Å²) in [5.41, 5.74) is 2.52. The zero-order chi connectivity index (χ0) is 31.1. The molecule has 0 spiro atoms. The summed E-state index contributed by atoms with van der Waals surface area (Å²) in [6.07, 6.45) is -6.03. The summed E-state index contributed by atoms with van der Waals surface area (Å²) < 4.78 is 77.6. The van der Waals surface area contributed by atoms with Crippen LogP contribution in [0.3, 0.4) is 0 Å². The Morgan fingerprint density at radius 1 is 1.07 bits per heavy atom. The number of nitrogens with zero attached hydrogens (tertiary/aromatic N) is 4. The summed E-state index contributed by atoms with van der Waals surface area (Å²) in [5.74, 6) is -0.607. The van der Waals surface area contributed by atoms with Crippen molar-refractivity contribution in [1.82, 2.24) is 30.4 Å². The molecule has 3 aromatic rings. The van der Waals surface area contributed by atoms with E-state index in [9.17, 15) is 36.4 Å². The van der Waals surface area contributed by atoms with Crippen molar-refractivity contribution in [3.63, 3.8) is 0 Å². The van der Waals surface area contributed by atoms with E-state index in [1.54, 1.807) is 29.0 Å². The molecule has 2 aromatic carbocycles. The molecule has 0 aliphatic heterocycles. The van der Waals surface area contributed by atoms with E-state index in [4.69, 9.17) is 4.74 Å². The minimum absolute atomic E-state index is 0.129. The van der Waals surface area contributed by atoms with Crippen molar-refractivity contribution in [3.05, 3.63) is 65.9 Å². The van der Waals surface area contributed by atoms with Gasteiger partial charge >= 0.3 is 18.2 Å². The third-order valence-corrected chi connectivity index (χ3v) is 6.72. The molecule has 1 aromatic heterocycles. The Hall–Kier alpha value is -4.07. The largest absolute Gasteiger partial charge is 0.447 e. The lowest BCUT2D eigenvalue weighted by Crippen LogP contribution is -2.48. The van der Waals surface area contributed by atoms with Crippen LogP contribution in [0.5, 0.6) is 0 Å². The van der Waals surface area contributed by atoms with Crippen molar-refractivity contribution in [2.75, 3.05) is 27.0 Å². The van der Waals surface area contributed by atoms with E-state index in [-0.39, 0.29) is 29.4 Å². The molecule has 1 amide bonds. The smallest absolute Gasteiger partial charge is 0.435 e. The summed E-state index contributed by atoms with van der Waals surface area (Å²) in [5, 5.41) is 14.8. The van der Waals surface area contributed by atoms with Gasteiger partial charge in [0, 0.05) is 19.5 Å². The van der Waals surface area contributed by atoms with E-state index in [1.165, 1.54) is 19.2 Å². The number of sulfonamides is 1. The van der Waals surface area contributed by atoms with Crippen LogP contribution in [-0.4, -0.2) is 72.8 Å². The molecule has 0 saturated carbocycles. The lowest BCUT2D eigenvalue weighted by Gasteiger charge is -2.24. The summed E-state index contributed by atoms with van der Waals surface area (Å²) >= 11 is 0. The first-order valence-corrected chi connectivity index (χ1v) is 13.4. The lowest BCUT2D eigenvalue weighted by atomic mass is 10.1. The number of amides is 1. The molecule has 18 heteroatoms. The van der Waals surface area contributed by atoms with Crippen LogP contribution in [0.4, 0.5) is 18.0 Å². The highest BCUT2D eigenvalue weighted by Crippen LogP contribution is 2.33. The Kier molecular flexibility index (Phi) is 10.6. The Labute approximate surface area is 238 Å². The predicted octanol–water partition coefficient (Wildman–Crippen LogP) is 2.78. The van der Waals surface area contributed by atoms with Crippen molar-refractivity contribution in [1.29, 1.82) is 0 Å². The average Bonchev–Trinajstić information content (AvgIpc) is 3.37. The Morgan fingerprint density at radius 2 is 1.71 bits per heavy atom. The predicted molar refractivity (Wildman–Crippen MR) is 138 cm³/mol. The minimum Gasteiger partial charge on any atom is -0.447 e. The van der Waals surface area contributed by atoms with Gasteiger partial charge in [0.1, 0.15) is 6.61 Å². The maximum absolute atomic E-state index is 13.4. The summed E-state index contributed by atoms with van der Waals surface area (Å²) in [6, 6.07) is 12.3. The van der Waals surface area contributed by atoms with Gasteiger partial charge in [-0.25, -0.2) is 32.5 Å². The maximum atomic E-state index is 13.4. The standard InChI is InChI=1S/C24H27F3N6O8S/c1-16-4-6-18(7-5-16)21-14-22(24(25,26)27)28-32(21)19-8-10-20(11-9-19)42(37,38)29-23(35)39-13-12-31(3)33(36)30-41-15-40-17(2)34/h4-11,14,30,36H,12-13,15H2,1-3H3,(H,29,35). The second-order valence-corrected chi connectivity index (χ2v) is 10.3. The number of aryl methyl sites for hydroxylation is 1. The Morgan fingerprint density at radius 3 is 2.31 bits per heavy atom. The van der Waals surface area contributed by atoms with Gasteiger partial charge in [-0.1, -0.05) is 35.4 Å². The van der Waals surface area contributed by atoms with Gasteiger partial charge < -0.3 is 9.47 Å². The molecule has 0 radical (unpaired) electrons. The van der Waals surface area contributed by atoms with E-state index < -0.39 is 40.7 Å². The highest BCUT2D eigenvalue weighted by Gasteiger charge is 2.35. The first-order valence-electron chi connectivity index (χ1n) is 11.9. The highest BCUT2D eigenvalue weighted by molar-refractivity contribution is 7.90. The number of esters is 1. The Bertz CT molecular complexity index is 1480. The third kappa shape index (κ3) is 8.96. The van der Waals surface area contributed by atoms with Gasteiger partial charge in [0.25, 0.3) is 10.0 Å². The number of hydrogen-bond donors (Lipinski definition) is 3. The number of carbonyl (C=O) groups is 2. The molecule has 0 atom stereocenters. The van der Waals surface area contributed by atoms with Crippen LogP contribution in [-0.2, 0) is 35.3 Å². The number of rotatable bonds is 12. The molecule has 0 aliphatic carbocycles. The lowest BCUT2D eigenvalue weighted by molar-refractivity contribution is -0.348. The number of benzene rings is 2. The molecule has 3 rings (SSSR count). The number of likely N-dealkylation sites (N-methyl/N-ethyl adjacent to an activating group) is 1.